The molecule has 0 aromatic carbocycles. The highest BCUT2D eigenvalue weighted by molar-refractivity contribution is 7.99. The molecule has 0 amide bonds. The summed E-state index contributed by atoms with van der Waals surface area (Å²) in [7, 11) is 0. The molecule has 0 bridgehead atoms. The van der Waals surface area contributed by atoms with E-state index in [4.69, 9.17) is 10.2 Å². The number of nitrogens with zero attached hydrogens (tertiary/aromatic N) is 3. The van der Waals surface area contributed by atoms with Crippen LogP contribution in [0.4, 0.5) is 0 Å². The van der Waals surface area contributed by atoms with E-state index in [0.717, 1.165) is 10.6 Å². The first kappa shape index (κ1) is 9.17. The molecule has 0 aliphatic carbocycles. The molecule has 5 nitrogen and oxygen atoms in total. The van der Waals surface area contributed by atoms with Crippen molar-refractivity contribution in [1.29, 1.82) is 0 Å². The van der Waals surface area contributed by atoms with Crippen LogP contribution in [0.1, 0.15) is 5.56 Å². The molecule has 14 heavy (non-hydrogen) atoms. The van der Waals surface area contributed by atoms with Crippen LogP contribution >= 0.6 is 11.8 Å². The summed E-state index contributed by atoms with van der Waals surface area (Å²) in [4.78, 5) is 3.96. The third-order valence-electron chi connectivity index (χ3n) is 1.53. The second kappa shape index (κ2) is 4.21. The summed E-state index contributed by atoms with van der Waals surface area (Å²) in [6.07, 6.45) is 4.74. The molecule has 0 unspecified atom stereocenters. The Kier molecular flexibility index (Phi) is 2.76. The molecule has 2 N–H and O–H groups in total. The molecule has 0 radical (unpaired) electrons. The Morgan fingerprint density at radius 1 is 1.50 bits per heavy atom. The Balaban J connectivity index is 2.17. The fourth-order valence-corrected chi connectivity index (χ4v) is 1.59. The second-order valence-electron chi connectivity index (χ2n) is 2.51. The van der Waals surface area contributed by atoms with E-state index >= 15 is 0 Å². The van der Waals surface area contributed by atoms with Gasteiger partial charge in [0.25, 0.3) is 5.22 Å². The van der Waals surface area contributed by atoms with Crippen LogP contribution in [0.3, 0.4) is 0 Å². The summed E-state index contributed by atoms with van der Waals surface area (Å²) >= 11 is 1.32. The lowest BCUT2D eigenvalue weighted by molar-refractivity contribution is 0.454. The third-order valence-corrected chi connectivity index (χ3v) is 2.31. The van der Waals surface area contributed by atoms with Crippen LogP contribution in [0.5, 0.6) is 0 Å². The number of aromatic nitrogens is 3. The van der Waals surface area contributed by atoms with Crippen molar-refractivity contribution in [1.82, 2.24) is 15.2 Å². The van der Waals surface area contributed by atoms with E-state index < -0.39 is 0 Å². The first-order valence-corrected chi connectivity index (χ1v) is 4.79. The van der Waals surface area contributed by atoms with Crippen molar-refractivity contribution in [2.45, 2.75) is 16.8 Å². The van der Waals surface area contributed by atoms with Gasteiger partial charge in [0.15, 0.2) is 0 Å². The molecule has 6 heteroatoms. The van der Waals surface area contributed by atoms with Crippen molar-refractivity contribution in [3.05, 3.63) is 30.3 Å². The summed E-state index contributed by atoms with van der Waals surface area (Å²) < 4.78 is 5.06. The zero-order chi connectivity index (χ0) is 9.80. The van der Waals surface area contributed by atoms with Gasteiger partial charge in [0.1, 0.15) is 11.3 Å². The normalized spacial score (nSPS) is 10.4. The van der Waals surface area contributed by atoms with Crippen molar-refractivity contribution >= 4 is 11.8 Å². The highest BCUT2D eigenvalue weighted by Crippen LogP contribution is 2.23. The average molecular weight is 208 g/mol. The molecule has 2 heterocycles. The van der Waals surface area contributed by atoms with E-state index in [0.29, 0.717) is 11.8 Å². The standard InChI is InChI=1S/C8H8N4OS/c9-4-6-3-7(12-11-5-6)14-8-10-1-2-13-8/h1-3,5H,4,9H2. The Morgan fingerprint density at radius 2 is 2.43 bits per heavy atom. The quantitative estimate of drug-likeness (QED) is 0.813. The molecule has 72 valence electrons. The van der Waals surface area contributed by atoms with Crippen molar-refractivity contribution < 1.29 is 4.42 Å². The van der Waals surface area contributed by atoms with E-state index in [-0.39, 0.29) is 0 Å². The first-order valence-electron chi connectivity index (χ1n) is 3.97. The van der Waals surface area contributed by atoms with Gasteiger partial charge in [0.05, 0.1) is 12.4 Å². The Hall–Kier alpha value is -1.40. The van der Waals surface area contributed by atoms with Crippen LogP contribution in [0.15, 0.2) is 39.4 Å². The summed E-state index contributed by atoms with van der Waals surface area (Å²) in [6.45, 7) is 0.453. The number of rotatable bonds is 3. The van der Waals surface area contributed by atoms with E-state index in [9.17, 15) is 0 Å². The van der Waals surface area contributed by atoms with Crippen molar-refractivity contribution in [2.24, 2.45) is 5.73 Å². The van der Waals surface area contributed by atoms with Gasteiger partial charge in [-0.15, -0.1) is 5.10 Å². The predicted octanol–water partition coefficient (Wildman–Crippen LogP) is 1.07. The first-order chi connectivity index (χ1) is 6.88. The number of oxazole rings is 1. The maximum Gasteiger partial charge on any atom is 0.262 e. The minimum absolute atomic E-state index is 0.453. The zero-order valence-corrected chi connectivity index (χ0v) is 8.07. The second-order valence-corrected chi connectivity index (χ2v) is 3.48. The minimum atomic E-state index is 0.453. The van der Waals surface area contributed by atoms with Gasteiger partial charge in [0, 0.05) is 6.54 Å². The SMILES string of the molecule is NCc1cnnc(Sc2ncco2)c1. The highest BCUT2D eigenvalue weighted by atomic mass is 32.2. The highest BCUT2D eigenvalue weighted by Gasteiger charge is 2.03. The zero-order valence-electron chi connectivity index (χ0n) is 7.25. The minimum Gasteiger partial charge on any atom is -0.440 e. The van der Waals surface area contributed by atoms with Crippen LogP contribution in [-0.2, 0) is 6.54 Å². The van der Waals surface area contributed by atoms with Crippen molar-refractivity contribution in [3.63, 3.8) is 0 Å². The van der Waals surface area contributed by atoms with Crippen LogP contribution in [-0.4, -0.2) is 15.2 Å². The summed E-state index contributed by atoms with van der Waals surface area (Å²) in [5.74, 6) is 0. The summed E-state index contributed by atoms with van der Waals surface area (Å²) in [6, 6.07) is 1.86. The van der Waals surface area contributed by atoms with Gasteiger partial charge in [-0.05, 0) is 23.4 Å². The van der Waals surface area contributed by atoms with Crippen LogP contribution in [0, 0.1) is 0 Å². The van der Waals surface area contributed by atoms with Gasteiger partial charge in [0.2, 0.25) is 0 Å². The number of hydrogen-bond acceptors (Lipinski definition) is 6. The van der Waals surface area contributed by atoms with Gasteiger partial charge in [-0.3, -0.25) is 0 Å². The van der Waals surface area contributed by atoms with E-state index in [2.05, 4.69) is 15.2 Å². The molecule has 2 aromatic rings. The molecule has 2 rings (SSSR count). The summed E-state index contributed by atoms with van der Waals surface area (Å²) in [5.41, 5.74) is 6.41. The smallest absolute Gasteiger partial charge is 0.262 e. The van der Waals surface area contributed by atoms with Gasteiger partial charge >= 0.3 is 0 Å². The molecular weight excluding hydrogens is 200 g/mol. The molecule has 2 aromatic heterocycles. The van der Waals surface area contributed by atoms with Gasteiger partial charge < -0.3 is 10.2 Å². The number of nitrogens with two attached hydrogens (primary N) is 1. The maximum atomic E-state index is 5.48. The van der Waals surface area contributed by atoms with E-state index in [1.807, 2.05) is 6.07 Å². The molecule has 0 saturated carbocycles. The van der Waals surface area contributed by atoms with Gasteiger partial charge in [-0.1, -0.05) is 0 Å². The Labute approximate surface area is 84.7 Å². The topological polar surface area (TPSA) is 77.8 Å². The van der Waals surface area contributed by atoms with Crippen LogP contribution in [0.2, 0.25) is 0 Å². The molecule has 0 saturated heterocycles. The lowest BCUT2D eigenvalue weighted by atomic mass is 10.3. The average Bonchev–Trinajstić information content (AvgIpc) is 2.71. The number of hydrogen-bond donors (Lipinski definition) is 1. The predicted molar refractivity (Wildman–Crippen MR) is 50.5 cm³/mol. The Bertz CT molecular complexity index is 403. The van der Waals surface area contributed by atoms with Gasteiger partial charge in [-0.2, -0.15) is 5.10 Å². The molecule has 0 fully saturated rings. The lowest BCUT2D eigenvalue weighted by Crippen LogP contribution is -1.98. The van der Waals surface area contributed by atoms with Crippen LogP contribution in [0.25, 0.3) is 0 Å². The third kappa shape index (κ3) is 2.09. The molecule has 0 aliphatic rings. The van der Waals surface area contributed by atoms with E-state index in [1.54, 1.807) is 12.4 Å². The molecule has 0 atom stereocenters. The van der Waals surface area contributed by atoms with Gasteiger partial charge in [-0.25, -0.2) is 4.98 Å². The fraction of sp³-hybridized carbons (Fsp3) is 0.125. The maximum absolute atomic E-state index is 5.48. The Morgan fingerprint density at radius 3 is 3.14 bits per heavy atom. The lowest BCUT2D eigenvalue weighted by Gasteiger charge is -1.97. The fourth-order valence-electron chi connectivity index (χ4n) is 0.896. The monoisotopic (exact) mass is 208 g/mol. The van der Waals surface area contributed by atoms with Crippen LogP contribution < -0.4 is 5.73 Å². The van der Waals surface area contributed by atoms with Crippen molar-refractivity contribution in [3.8, 4) is 0 Å². The van der Waals surface area contributed by atoms with E-state index in [1.165, 1.54) is 18.0 Å². The largest absolute Gasteiger partial charge is 0.440 e. The van der Waals surface area contributed by atoms with Crippen molar-refractivity contribution in [2.75, 3.05) is 0 Å². The molecular formula is C8H8N4OS. The molecule has 0 spiro atoms. The molecule has 0 aliphatic heterocycles. The summed E-state index contributed by atoms with van der Waals surface area (Å²) in [5, 5.41) is 9.02.